The Bertz CT molecular complexity index is 339. The first-order chi connectivity index (χ1) is 9.65. The zero-order valence-electron chi connectivity index (χ0n) is 12.1. The second kappa shape index (κ2) is 9.85. The van der Waals surface area contributed by atoms with Crippen LogP contribution in [0.4, 0.5) is 0 Å². The molecule has 0 saturated carbocycles. The van der Waals surface area contributed by atoms with E-state index in [4.69, 9.17) is 14.2 Å². The maximum atomic E-state index is 9.79. The quantitative estimate of drug-likeness (QED) is 0.634. The molecule has 0 saturated heterocycles. The lowest BCUT2D eigenvalue weighted by atomic mass is 10.1. The third-order valence-corrected chi connectivity index (χ3v) is 2.96. The summed E-state index contributed by atoms with van der Waals surface area (Å²) in [5, 5.41) is 19.6. The van der Waals surface area contributed by atoms with Crippen LogP contribution in [0.2, 0.25) is 0 Å². The Balaban J connectivity index is 2.17. The van der Waals surface area contributed by atoms with E-state index in [1.54, 1.807) is 0 Å². The molecule has 0 aliphatic carbocycles. The lowest BCUT2D eigenvalue weighted by Gasteiger charge is -2.20. The van der Waals surface area contributed by atoms with Crippen molar-refractivity contribution in [3.05, 3.63) is 35.9 Å². The second-order valence-corrected chi connectivity index (χ2v) is 4.68. The SMILES string of the molecule is COC(C[C@H](O)C[C@H](O)COCc1ccccc1)OC. The van der Waals surface area contributed by atoms with E-state index >= 15 is 0 Å². The average Bonchev–Trinajstić information content (AvgIpc) is 2.45. The van der Waals surface area contributed by atoms with Gasteiger partial charge in [-0.3, -0.25) is 0 Å². The summed E-state index contributed by atoms with van der Waals surface area (Å²) in [6, 6.07) is 9.74. The van der Waals surface area contributed by atoms with Gasteiger partial charge in [-0.2, -0.15) is 0 Å². The molecule has 2 N–H and O–H groups in total. The van der Waals surface area contributed by atoms with Crippen molar-refractivity contribution in [2.45, 2.75) is 37.9 Å². The molecule has 0 aromatic heterocycles. The Labute approximate surface area is 120 Å². The number of hydrogen-bond donors (Lipinski definition) is 2. The summed E-state index contributed by atoms with van der Waals surface area (Å²) < 4.78 is 15.4. The van der Waals surface area contributed by atoms with Crippen LogP contribution in [0, 0.1) is 0 Å². The lowest BCUT2D eigenvalue weighted by molar-refractivity contribution is -0.126. The van der Waals surface area contributed by atoms with Crippen LogP contribution in [0.3, 0.4) is 0 Å². The van der Waals surface area contributed by atoms with Gasteiger partial charge in [0.05, 0.1) is 25.4 Å². The van der Waals surface area contributed by atoms with Crippen LogP contribution in [0.1, 0.15) is 18.4 Å². The van der Waals surface area contributed by atoms with E-state index in [1.807, 2.05) is 30.3 Å². The van der Waals surface area contributed by atoms with Gasteiger partial charge in [0.1, 0.15) is 0 Å². The van der Waals surface area contributed by atoms with E-state index in [0.29, 0.717) is 13.0 Å². The second-order valence-electron chi connectivity index (χ2n) is 4.68. The molecule has 1 aromatic carbocycles. The maximum Gasteiger partial charge on any atom is 0.159 e. The number of hydrogen-bond acceptors (Lipinski definition) is 5. The van der Waals surface area contributed by atoms with Gasteiger partial charge in [0.25, 0.3) is 0 Å². The molecule has 0 bridgehead atoms. The Kier molecular flexibility index (Phi) is 8.41. The van der Waals surface area contributed by atoms with Crippen molar-refractivity contribution in [3.8, 4) is 0 Å². The van der Waals surface area contributed by atoms with Crippen LogP contribution < -0.4 is 0 Å². The zero-order chi connectivity index (χ0) is 14.8. The van der Waals surface area contributed by atoms with Crippen molar-refractivity contribution < 1.29 is 24.4 Å². The topological polar surface area (TPSA) is 68.2 Å². The Morgan fingerprint density at radius 3 is 2.20 bits per heavy atom. The molecule has 0 amide bonds. The highest BCUT2D eigenvalue weighted by molar-refractivity contribution is 5.13. The standard InChI is InChI=1S/C15H24O5/c1-18-15(19-2)9-13(16)8-14(17)11-20-10-12-6-4-3-5-7-12/h3-7,13-17H,8-11H2,1-2H3/t13-,14+/m1/s1. The van der Waals surface area contributed by atoms with E-state index in [2.05, 4.69) is 0 Å². The van der Waals surface area contributed by atoms with Crippen LogP contribution in [0.5, 0.6) is 0 Å². The summed E-state index contributed by atoms with van der Waals surface area (Å²) in [5.41, 5.74) is 1.05. The summed E-state index contributed by atoms with van der Waals surface area (Å²) in [6.07, 6.45) is -1.29. The summed E-state index contributed by atoms with van der Waals surface area (Å²) >= 11 is 0. The minimum atomic E-state index is -0.705. The number of methoxy groups -OCH3 is 2. The molecule has 0 fully saturated rings. The first kappa shape index (κ1) is 17.1. The molecule has 1 rings (SSSR count). The minimum absolute atomic E-state index is 0.191. The highest BCUT2D eigenvalue weighted by atomic mass is 16.7. The van der Waals surface area contributed by atoms with E-state index < -0.39 is 18.5 Å². The number of ether oxygens (including phenoxy) is 3. The van der Waals surface area contributed by atoms with Gasteiger partial charge in [-0.25, -0.2) is 0 Å². The molecule has 5 nitrogen and oxygen atoms in total. The number of aliphatic hydroxyl groups is 2. The van der Waals surface area contributed by atoms with Gasteiger partial charge in [0.15, 0.2) is 6.29 Å². The van der Waals surface area contributed by atoms with Crippen molar-refractivity contribution in [2.75, 3.05) is 20.8 Å². The summed E-state index contributed by atoms with van der Waals surface area (Å²) in [4.78, 5) is 0. The van der Waals surface area contributed by atoms with Crippen molar-refractivity contribution in [1.82, 2.24) is 0 Å². The zero-order valence-corrected chi connectivity index (χ0v) is 12.1. The first-order valence-corrected chi connectivity index (χ1v) is 6.69. The molecule has 1 aromatic rings. The average molecular weight is 284 g/mol. The smallest absolute Gasteiger partial charge is 0.159 e. The molecule has 114 valence electrons. The highest BCUT2D eigenvalue weighted by Crippen LogP contribution is 2.09. The predicted octanol–water partition coefficient (Wildman–Crippen LogP) is 1.32. The molecule has 0 unspecified atom stereocenters. The molecule has 20 heavy (non-hydrogen) atoms. The van der Waals surface area contributed by atoms with Crippen molar-refractivity contribution >= 4 is 0 Å². The summed E-state index contributed by atoms with van der Waals surface area (Å²) in [5.74, 6) is 0. The Hall–Kier alpha value is -0.980. The van der Waals surface area contributed by atoms with Gasteiger partial charge in [-0.1, -0.05) is 30.3 Å². The fourth-order valence-corrected chi connectivity index (χ4v) is 1.88. The van der Waals surface area contributed by atoms with E-state index in [1.165, 1.54) is 14.2 Å². The van der Waals surface area contributed by atoms with E-state index in [0.717, 1.165) is 5.56 Å². The molecule has 0 aliphatic heterocycles. The van der Waals surface area contributed by atoms with Crippen molar-refractivity contribution in [2.24, 2.45) is 0 Å². The molecule has 0 radical (unpaired) electrons. The van der Waals surface area contributed by atoms with Crippen LogP contribution in [0.15, 0.2) is 30.3 Å². The van der Waals surface area contributed by atoms with Gasteiger partial charge in [0, 0.05) is 27.1 Å². The summed E-state index contributed by atoms with van der Waals surface area (Å²) in [6.45, 7) is 0.642. The minimum Gasteiger partial charge on any atom is -0.393 e. The van der Waals surface area contributed by atoms with Gasteiger partial charge < -0.3 is 24.4 Å². The summed E-state index contributed by atoms with van der Waals surface area (Å²) in [7, 11) is 3.03. The first-order valence-electron chi connectivity index (χ1n) is 6.69. The largest absolute Gasteiger partial charge is 0.393 e. The molecule has 0 spiro atoms. The molecular weight excluding hydrogens is 260 g/mol. The molecule has 2 atom stereocenters. The van der Waals surface area contributed by atoms with Crippen molar-refractivity contribution in [1.29, 1.82) is 0 Å². The van der Waals surface area contributed by atoms with Gasteiger partial charge in [-0.05, 0) is 5.56 Å². The van der Waals surface area contributed by atoms with Crippen LogP contribution in [-0.4, -0.2) is 49.5 Å². The fourth-order valence-electron chi connectivity index (χ4n) is 1.88. The molecular formula is C15H24O5. The predicted molar refractivity (Wildman–Crippen MR) is 75.2 cm³/mol. The Morgan fingerprint density at radius 2 is 1.60 bits per heavy atom. The molecule has 5 heteroatoms. The third kappa shape index (κ3) is 6.98. The monoisotopic (exact) mass is 284 g/mol. The van der Waals surface area contributed by atoms with Crippen LogP contribution in [0.25, 0.3) is 0 Å². The highest BCUT2D eigenvalue weighted by Gasteiger charge is 2.17. The van der Waals surface area contributed by atoms with Gasteiger partial charge in [0.2, 0.25) is 0 Å². The number of aliphatic hydroxyl groups excluding tert-OH is 2. The number of benzene rings is 1. The van der Waals surface area contributed by atoms with Crippen LogP contribution >= 0.6 is 0 Å². The van der Waals surface area contributed by atoms with Crippen LogP contribution in [-0.2, 0) is 20.8 Å². The lowest BCUT2D eigenvalue weighted by Crippen LogP contribution is -2.27. The Morgan fingerprint density at radius 1 is 0.950 bits per heavy atom. The van der Waals surface area contributed by atoms with E-state index in [-0.39, 0.29) is 13.0 Å². The normalized spacial score (nSPS) is 14.4. The van der Waals surface area contributed by atoms with E-state index in [9.17, 15) is 10.2 Å². The van der Waals surface area contributed by atoms with Crippen molar-refractivity contribution in [3.63, 3.8) is 0 Å². The fraction of sp³-hybridized carbons (Fsp3) is 0.600. The molecule has 0 heterocycles. The maximum absolute atomic E-state index is 9.79. The molecule has 0 aliphatic rings. The third-order valence-electron chi connectivity index (χ3n) is 2.96. The number of rotatable bonds is 10. The van der Waals surface area contributed by atoms with Gasteiger partial charge in [-0.15, -0.1) is 0 Å². The van der Waals surface area contributed by atoms with Gasteiger partial charge >= 0.3 is 0 Å².